The molecule has 0 saturated carbocycles. The van der Waals surface area contributed by atoms with Gasteiger partial charge in [-0.25, -0.2) is 4.79 Å². The molecule has 0 fully saturated rings. The van der Waals surface area contributed by atoms with Gasteiger partial charge in [0.25, 0.3) is 0 Å². The molecule has 0 spiro atoms. The van der Waals surface area contributed by atoms with E-state index in [4.69, 9.17) is 14.2 Å². The minimum atomic E-state index is -0.373. The Morgan fingerprint density at radius 1 is 1.13 bits per heavy atom. The summed E-state index contributed by atoms with van der Waals surface area (Å²) in [5, 5.41) is 2.86. The molecule has 7 nitrogen and oxygen atoms in total. The van der Waals surface area contributed by atoms with Gasteiger partial charge in [-0.15, -0.1) is 0 Å². The summed E-state index contributed by atoms with van der Waals surface area (Å²) in [6.45, 7) is 10.1. The summed E-state index contributed by atoms with van der Waals surface area (Å²) >= 11 is 0. The van der Waals surface area contributed by atoms with Crippen molar-refractivity contribution >= 4 is 18.0 Å². The highest BCUT2D eigenvalue weighted by Gasteiger charge is 2.22. The lowest BCUT2D eigenvalue weighted by Gasteiger charge is -2.18. The fourth-order valence-electron chi connectivity index (χ4n) is 3.65. The number of nitrogens with zero attached hydrogens (tertiary/aromatic N) is 1. The summed E-state index contributed by atoms with van der Waals surface area (Å²) < 4.78 is 18.3. The fourth-order valence-corrected chi connectivity index (χ4v) is 3.65. The number of esters is 1. The van der Waals surface area contributed by atoms with Gasteiger partial charge < -0.3 is 24.1 Å². The number of ether oxygens (including phenoxy) is 3. The number of hydrogen-bond acceptors (Lipinski definition) is 5. The normalized spacial score (nSPS) is 12.8. The third-order valence-electron chi connectivity index (χ3n) is 5.10. The van der Waals surface area contributed by atoms with E-state index in [9.17, 15) is 9.59 Å². The number of hydrogen-bond donors (Lipinski definition) is 1. The van der Waals surface area contributed by atoms with Crippen molar-refractivity contribution in [1.82, 2.24) is 9.88 Å². The Hall–Kier alpha value is -3.22. The minimum absolute atomic E-state index is 0.249. The summed E-state index contributed by atoms with van der Waals surface area (Å²) in [4.78, 5) is 24.8. The Kier molecular flexibility index (Phi) is 6.82. The van der Waals surface area contributed by atoms with Crippen molar-refractivity contribution in [2.45, 2.75) is 40.8 Å². The van der Waals surface area contributed by atoms with Crippen LogP contribution in [0.1, 0.15) is 46.7 Å². The summed E-state index contributed by atoms with van der Waals surface area (Å²) in [6, 6.07) is 5.61. The molecule has 2 aromatic rings. The number of fused-ring (bicyclic) bond motifs is 1. The second-order valence-corrected chi connectivity index (χ2v) is 6.95. The van der Waals surface area contributed by atoms with Gasteiger partial charge >= 0.3 is 5.97 Å². The van der Waals surface area contributed by atoms with Crippen molar-refractivity contribution in [3.8, 4) is 11.5 Å². The maximum absolute atomic E-state index is 12.4. The van der Waals surface area contributed by atoms with Crippen molar-refractivity contribution in [3.63, 3.8) is 0 Å². The van der Waals surface area contributed by atoms with Gasteiger partial charge in [0.05, 0.1) is 12.2 Å². The molecule has 3 rings (SSSR count). The van der Waals surface area contributed by atoms with E-state index in [0.29, 0.717) is 49.0 Å². The second kappa shape index (κ2) is 9.52. The Morgan fingerprint density at radius 2 is 1.87 bits per heavy atom. The highest BCUT2D eigenvalue weighted by atomic mass is 16.6. The maximum atomic E-state index is 12.4. The molecule has 0 aliphatic carbocycles. The largest absolute Gasteiger partial charge is 0.486 e. The fraction of sp³-hybridized carbons (Fsp3) is 0.391. The van der Waals surface area contributed by atoms with Crippen molar-refractivity contribution in [1.29, 1.82) is 0 Å². The summed E-state index contributed by atoms with van der Waals surface area (Å²) in [6.07, 6.45) is 3.13. The lowest BCUT2D eigenvalue weighted by molar-refractivity contribution is -0.116. The van der Waals surface area contributed by atoms with Crippen molar-refractivity contribution in [3.05, 3.63) is 52.4 Å². The van der Waals surface area contributed by atoms with E-state index >= 15 is 0 Å². The third kappa shape index (κ3) is 4.50. The first-order chi connectivity index (χ1) is 14.5. The molecule has 1 aromatic carbocycles. The molecule has 0 unspecified atom stereocenters. The molecule has 0 saturated heterocycles. The number of nitrogens with one attached hydrogen (secondary N) is 1. The number of carbonyl (C=O) groups is 2. The van der Waals surface area contributed by atoms with Crippen molar-refractivity contribution < 1.29 is 23.8 Å². The van der Waals surface area contributed by atoms with Crippen LogP contribution >= 0.6 is 0 Å². The Bertz CT molecular complexity index is 974. The van der Waals surface area contributed by atoms with Crippen LogP contribution in [-0.4, -0.2) is 36.3 Å². The van der Waals surface area contributed by atoms with E-state index in [2.05, 4.69) is 5.32 Å². The lowest BCUT2D eigenvalue weighted by Crippen LogP contribution is -2.21. The molecule has 7 heteroatoms. The average Bonchev–Trinajstić information content (AvgIpc) is 2.99. The van der Waals surface area contributed by atoms with Crippen LogP contribution in [0.25, 0.3) is 6.08 Å². The van der Waals surface area contributed by atoms with E-state index in [1.54, 1.807) is 13.0 Å². The summed E-state index contributed by atoms with van der Waals surface area (Å²) in [5.74, 6) is 0.784. The van der Waals surface area contributed by atoms with Crippen LogP contribution in [0, 0.1) is 13.8 Å². The zero-order valence-electron chi connectivity index (χ0n) is 17.9. The Labute approximate surface area is 176 Å². The van der Waals surface area contributed by atoms with Gasteiger partial charge in [-0.1, -0.05) is 6.07 Å². The molecule has 0 radical (unpaired) electrons. The minimum Gasteiger partial charge on any atom is -0.486 e. The smallest absolute Gasteiger partial charge is 0.340 e. The summed E-state index contributed by atoms with van der Waals surface area (Å²) in [5.41, 5.74) is 3.89. The zero-order chi connectivity index (χ0) is 21.7. The van der Waals surface area contributed by atoms with Gasteiger partial charge in [-0.3, -0.25) is 4.79 Å². The average molecular weight is 412 g/mol. The first-order valence-electron chi connectivity index (χ1n) is 10.2. The first-order valence-corrected chi connectivity index (χ1v) is 10.2. The number of rotatable bonds is 7. The molecule has 0 bridgehead atoms. The third-order valence-corrected chi connectivity index (χ3v) is 5.10. The molecule has 30 heavy (non-hydrogen) atoms. The van der Waals surface area contributed by atoms with E-state index in [0.717, 1.165) is 23.5 Å². The van der Waals surface area contributed by atoms with E-state index in [1.807, 2.05) is 43.5 Å². The number of aromatic nitrogens is 1. The molecule has 2 heterocycles. The SMILES string of the molecule is CCOC(=O)c1c(/C=C/C(=O)NCc2ccc3c(c2)OCCO3)c(C)n(CC)c1C. The van der Waals surface area contributed by atoms with Crippen LogP contribution < -0.4 is 14.8 Å². The van der Waals surface area contributed by atoms with Gasteiger partial charge in [0.1, 0.15) is 13.2 Å². The van der Waals surface area contributed by atoms with Gasteiger partial charge in [0.2, 0.25) is 5.91 Å². The standard InChI is InChI=1S/C23H28N2O5/c1-5-25-15(3)18(22(16(25)4)23(27)28-6-2)8-10-21(26)24-14-17-7-9-19-20(13-17)30-12-11-29-19/h7-10,13H,5-6,11-12,14H2,1-4H3,(H,24,26)/b10-8+. The predicted octanol–water partition coefficient (Wildman–Crippen LogP) is 3.40. The van der Waals surface area contributed by atoms with Crippen molar-refractivity contribution in [2.24, 2.45) is 0 Å². The maximum Gasteiger partial charge on any atom is 0.340 e. The molecule has 1 aromatic heterocycles. The molecule has 0 atom stereocenters. The van der Waals surface area contributed by atoms with E-state index in [1.165, 1.54) is 6.08 Å². The predicted molar refractivity (Wildman–Crippen MR) is 114 cm³/mol. The van der Waals surface area contributed by atoms with Crippen LogP contribution in [0.4, 0.5) is 0 Å². The zero-order valence-corrected chi connectivity index (χ0v) is 17.9. The molecular formula is C23H28N2O5. The van der Waals surface area contributed by atoms with Gasteiger partial charge in [0.15, 0.2) is 11.5 Å². The topological polar surface area (TPSA) is 78.8 Å². The van der Waals surface area contributed by atoms with Crippen LogP contribution in [0.2, 0.25) is 0 Å². The molecular weight excluding hydrogens is 384 g/mol. The first kappa shape index (κ1) is 21.5. The van der Waals surface area contributed by atoms with E-state index < -0.39 is 0 Å². The summed E-state index contributed by atoms with van der Waals surface area (Å²) in [7, 11) is 0. The highest BCUT2D eigenvalue weighted by Crippen LogP contribution is 2.30. The van der Waals surface area contributed by atoms with Crippen LogP contribution in [0.15, 0.2) is 24.3 Å². The molecule has 1 N–H and O–H groups in total. The van der Waals surface area contributed by atoms with E-state index in [-0.39, 0.29) is 11.9 Å². The molecule has 160 valence electrons. The van der Waals surface area contributed by atoms with Crippen molar-refractivity contribution in [2.75, 3.05) is 19.8 Å². The van der Waals surface area contributed by atoms with Gasteiger partial charge in [0, 0.05) is 36.1 Å². The molecule has 1 amide bonds. The van der Waals surface area contributed by atoms with Gasteiger partial charge in [-0.2, -0.15) is 0 Å². The molecule has 1 aliphatic heterocycles. The highest BCUT2D eigenvalue weighted by molar-refractivity contribution is 5.98. The van der Waals surface area contributed by atoms with Crippen LogP contribution in [-0.2, 0) is 22.6 Å². The second-order valence-electron chi connectivity index (χ2n) is 6.95. The monoisotopic (exact) mass is 412 g/mol. The van der Waals surface area contributed by atoms with Crippen LogP contribution in [0.5, 0.6) is 11.5 Å². The number of carbonyl (C=O) groups excluding carboxylic acids is 2. The Morgan fingerprint density at radius 3 is 2.57 bits per heavy atom. The van der Waals surface area contributed by atoms with Gasteiger partial charge in [-0.05, 0) is 51.5 Å². The lowest BCUT2D eigenvalue weighted by atomic mass is 10.1. The quantitative estimate of drug-likeness (QED) is 0.557. The number of amides is 1. The number of benzene rings is 1. The Balaban J connectivity index is 1.72. The molecule has 1 aliphatic rings. The van der Waals surface area contributed by atoms with Crippen LogP contribution in [0.3, 0.4) is 0 Å².